The third kappa shape index (κ3) is 3.21. The van der Waals surface area contributed by atoms with Crippen LogP contribution in [0.15, 0.2) is 64.0 Å². The largest absolute Gasteiger partial charge is 0.378 e. The summed E-state index contributed by atoms with van der Waals surface area (Å²) in [7, 11) is 4.15. The second-order valence-corrected chi connectivity index (χ2v) is 9.61. The molecule has 1 aliphatic carbocycles. The van der Waals surface area contributed by atoms with Crippen molar-refractivity contribution in [3.63, 3.8) is 0 Å². The fourth-order valence-electron chi connectivity index (χ4n) is 3.95. The molecule has 2 aromatic rings. The Hall–Kier alpha value is -2.00. The second kappa shape index (κ2) is 6.62. The lowest BCUT2D eigenvalue weighted by Gasteiger charge is -2.29. The molecule has 0 N–H and O–H groups in total. The highest BCUT2D eigenvalue weighted by Gasteiger charge is 2.41. The van der Waals surface area contributed by atoms with E-state index in [1.807, 2.05) is 11.8 Å². The zero-order chi connectivity index (χ0) is 18.3. The molecule has 2 aromatic carbocycles. The van der Waals surface area contributed by atoms with Gasteiger partial charge in [0.15, 0.2) is 0 Å². The van der Waals surface area contributed by atoms with Gasteiger partial charge >= 0.3 is 0 Å². The van der Waals surface area contributed by atoms with E-state index in [2.05, 4.69) is 87.4 Å². The van der Waals surface area contributed by atoms with E-state index in [1.165, 1.54) is 33.9 Å². The van der Waals surface area contributed by atoms with Crippen molar-refractivity contribution in [3.8, 4) is 0 Å². The van der Waals surface area contributed by atoms with Gasteiger partial charge in [0, 0.05) is 41.1 Å². The van der Waals surface area contributed by atoms with Crippen molar-refractivity contribution in [2.24, 2.45) is 10.9 Å². The molecule has 1 unspecified atom stereocenters. The molecule has 26 heavy (non-hydrogen) atoms. The van der Waals surface area contributed by atoms with E-state index in [-0.39, 0.29) is 4.75 Å². The molecule has 134 valence electrons. The Balaban J connectivity index is 1.74. The minimum atomic E-state index is 0.163. The number of anilines is 1. The SMILES string of the molecule is CN(C)c1ccc(/C=C2\CCC3C2=Nc2ccccc2SC3(C)C)cc1. The molecule has 0 saturated heterocycles. The Morgan fingerprint density at radius 1 is 1.08 bits per heavy atom. The van der Waals surface area contributed by atoms with E-state index < -0.39 is 0 Å². The molecule has 3 heteroatoms. The Kier molecular flexibility index (Phi) is 4.44. The first-order valence-electron chi connectivity index (χ1n) is 9.29. The number of rotatable bonds is 2. The van der Waals surface area contributed by atoms with Gasteiger partial charge in [-0.25, -0.2) is 0 Å². The molecule has 2 nitrogen and oxygen atoms in total. The molecular weight excluding hydrogens is 336 g/mol. The van der Waals surface area contributed by atoms with Crippen LogP contribution in [0.4, 0.5) is 11.4 Å². The highest BCUT2D eigenvalue weighted by molar-refractivity contribution is 8.00. The summed E-state index contributed by atoms with van der Waals surface area (Å²) in [6.07, 6.45) is 4.65. The van der Waals surface area contributed by atoms with Crippen molar-refractivity contribution in [1.82, 2.24) is 0 Å². The van der Waals surface area contributed by atoms with Crippen molar-refractivity contribution in [1.29, 1.82) is 0 Å². The molecule has 0 bridgehead atoms. The average Bonchev–Trinajstić information content (AvgIpc) is 2.95. The van der Waals surface area contributed by atoms with Crippen LogP contribution in [0.5, 0.6) is 0 Å². The van der Waals surface area contributed by atoms with E-state index >= 15 is 0 Å². The van der Waals surface area contributed by atoms with Gasteiger partial charge in [0.2, 0.25) is 0 Å². The monoisotopic (exact) mass is 362 g/mol. The number of fused-ring (bicyclic) bond motifs is 2. The Morgan fingerprint density at radius 3 is 2.54 bits per heavy atom. The van der Waals surface area contributed by atoms with Gasteiger partial charge in [-0.15, -0.1) is 11.8 Å². The van der Waals surface area contributed by atoms with Crippen molar-refractivity contribution in [2.75, 3.05) is 19.0 Å². The van der Waals surface area contributed by atoms with E-state index in [0.717, 1.165) is 12.1 Å². The first kappa shape index (κ1) is 17.4. The quantitative estimate of drug-likeness (QED) is 0.632. The van der Waals surface area contributed by atoms with Crippen molar-refractivity contribution in [2.45, 2.75) is 36.3 Å². The van der Waals surface area contributed by atoms with Gasteiger partial charge in [0.25, 0.3) is 0 Å². The fraction of sp³-hybridized carbons (Fsp3) is 0.348. The van der Waals surface area contributed by atoms with Gasteiger partial charge in [-0.3, -0.25) is 4.99 Å². The molecule has 1 aliphatic heterocycles. The maximum absolute atomic E-state index is 5.14. The van der Waals surface area contributed by atoms with Crippen molar-refractivity contribution in [3.05, 3.63) is 59.7 Å². The fourth-order valence-corrected chi connectivity index (χ4v) is 5.25. The standard InChI is InChI=1S/C23H26N2S/c1-23(2)19-14-11-17(15-16-9-12-18(13-10-16)25(3)4)22(19)24-20-7-5-6-8-21(20)26-23/h5-10,12-13,15,19H,11,14H2,1-4H3/b17-15+. The summed E-state index contributed by atoms with van der Waals surface area (Å²) in [5.74, 6) is 0.507. The molecule has 1 atom stereocenters. The highest BCUT2D eigenvalue weighted by Crippen LogP contribution is 2.51. The summed E-state index contributed by atoms with van der Waals surface area (Å²) in [6, 6.07) is 17.3. The van der Waals surface area contributed by atoms with Gasteiger partial charge in [-0.05, 0) is 68.2 Å². The van der Waals surface area contributed by atoms with Crippen LogP contribution in [0.3, 0.4) is 0 Å². The maximum atomic E-state index is 5.14. The lowest BCUT2D eigenvalue weighted by molar-refractivity contribution is 0.534. The molecular formula is C23H26N2S. The summed E-state index contributed by atoms with van der Waals surface area (Å²) >= 11 is 1.98. The number of benzene rings is 2. The van der Waals surface area contributed by atoms with E-state index in [4.69, 9.17) is 4.99 Å². The number of aliphatic imine (C=N–C) groups is 1. The Morgan fingerprint density at radius 2 is 1.81 bits per heavy atom. The summed E-state index contributed by atoms with van der Waals surface area (Å²) in [6.45, 7) is 4.74. The predicted octanol–water partition coefficient (Wildman–Crippen LogP) is 6.20. The topological polar surface area (TPSA) is 15.6 Å². The van der Waals surface area contributed by atoms with Gasteiger partial charge < -0.3 is 4.90 Å². The van der Waals surface area contributed by atoms with Crippen LogP contribution >= 0.6 is 11.8 Å². The molecule has 1 saturated carbocycles. The van der Waals surface area contributed by atoms with Crippen LogP contribution in [-0.2, 0) is 0 Å². The van der Waals surface area contributed by atoms with Crippen molar-refractivity contribution < 1.29 is 0 Å². The van der Waals surface area contributed by atoms with Gasteiger partial charge in [-0.2, -0.15) is 0 Å². The van der Waals surface area contributed by atoms with E-state index in [0.29, 0.717) is 5.92 Å². The highest BCUT2D eigenvalue weighted by atomic mass is 32.2. The van der Waals surface area contributed by atoms with Crippen LogP contribution in [0.1, 0.15) is 32.3 Å². The lowest BCUT2D eigenvalue weighted by Crippen LogP contribution is -2.30. The molecule has 1 fully saturated rings. The van der Waals surface area contributed by atoms with Gasteiger partial charge in [-0.1, -0.05) is 24.3 Å². The second-order valence-electron chi connectivity index (χ2n) is 7.92. The Labute approximate surface area is 161 Å². The average molecular weight is 363 g/mol. The number of hydrogen-bond acceptors (Lipinski definition) is 3. The van der Waals surface area contributed by atoms with Crippen molar-refractivity contribution >= 4 is 34.9 Å². The first-order valence-corrected chi connectivity index (χ1v) is 10.1. The molecule has 4 rings (SSSR count). The van der Waals surface area contributed by atoms with E-state index in [1.54, 1.807) is 0 Å². The molecule has 0 amide bonds. The number of allylic oxidation sites excluding steroid dienone is 1. The molecule has 0 radical (unpaired) electrons. The predicted molar refractivity (Wildman–Crippen MR) is 115 cm³/mol. The van der Waals surface area contributed by atoms with E-state index in [9.17, 15) is 0 Å². The normalized spacial score (nSPS) is 22.4. The maximum Gasteiger partial charge on any atom is 0.0769 e. The van der Waals surface area contributed by atoms with Crippen LogP contribution in [0.25, 0.3) is 6.08 Å². The molecule has 0 spiro atoms. The molecule has 2 aliphatic rings. The molecule has 0 aromatic heterocycles. The lowest BCUT2D eigenvalue weighted by atomic mass is 9.91. The number of thioether (sulfide) groups is 1. The van der Waals surface area contributed by atoms with Crippen LogP contribution in [-0.4, -0.2) is 24.6 Å². The van der Waals surface area contributed by atoms with Gasteiger partial charge in [0.1, 0.15) is 0 Å². The smallest absolute Gasteiger partial charge is 0.0769 e. The summed E-state index contributed by atoms with van der Waals surface area (Å²) < 4.78 is 0.163. The van der Waals surface area contributed by atoms with Gasteiger partial charge in [0.05, 0.1) is 5.69 Å². The number of para-hydroxylation sites is 1. The first-order chi connectivity index (χ1) is 12.4. The summed E-state index contributed by atoms with van der Waals surface area (Å²) in [5, 5.41) is 0. The summed E-state index contributed by atoms with van der Waals surface area (Å²) in [5.41, 5.74) is 6.31. The van der Waals surface area contributed by atoms with Crippen LogP contribution in [0, 0.1) is 5.92 Å². The van der Waals surface area contributed by atoms with Crippen LogP contribution < -0.4 is 4.90 Å². The van der Waals surface area contributed by atoms with Crippen LogP contribution in [0.2, 0.25) is 0 Å². The third-order valence-corrected chi connectivity index (χ3v) is 6.81. The number of hydrogen-bond donors (Lipinski definition) is 0. The number of nitrogens with zero attached hydrogens (tertiary/aromatic N) is 2. The Bertz CT molecular complexity index is 875. The summed E-state index contributed by atoms with van der Waals surface area (Å²) in [4.78, 5) is 8.57. The third-order valence-electron chi connectivity index (χ3n) is 5.43. The zero-order valence-corrected chi connectivity index (χ0v) is 16.8. The molecule has 1 heterocycles. The zero-order valence-electron chi connectivity index (χ0n) is 16.0. The minimum Gasteiger partial charge on any atom is -0.378 e. The minimum absolute atomic E-state index is 0.163.